The summed E-state index contributed by atoms with van der Waals surface area (Å²) in [7, 11) is -4.66. The molecule has 120 valence electrons. The molecule has 0 aromatic carbocycles. The lowest BCUT2D eigenvalue weighted by atomic mass is 10.1. The number of carbonyl (C=O) groups is 1. The van der Waals surface area contributed by atoms with E-state index >= 15 is 0 Å². The van der Waals surface area contributed by atoms with E-state index in [-0.39, 0.29) is 35.7 Å². The van der Waals surface area contributed by atoms with Crippen molar-refractivity contribution in [1.29, 1.82) is 0 Å². The van der Waals surface area contributed by atoms with E-state index in [1.807, 2.05) is 0 Å². The number of hydrogen-bond donors (Lipinski definition) is 4. The van der Waals surface area contributed by atoms with Crippen molar-refractivity contribution in [1.82, 2.24) is 10.5 Å². The largest absolute Gasteiger partial charge is 0.506 e. The monoisotopic (exact) mass is 331 g/mol. The number of pyridine rings is 1. The Morgan fingerprint density at radius 1 is 1.55 bits per heavy atom. The molecule has 0 radical (unpaired) electrons. The highest BCUT2D eigenvalue weighted by Crippen LogP contribution is 2.38. The smallest absolute Gasteiger partial charge is 0.469 e. The fourth-order valence-electron chi connectivity index (χ4n) is 1.73. The molecule has 1 fully saturated rings. The second-order valence-corrected chi connectivity index (χ2v) is 5.68. The SMILES string of the molecule is Cc1ncc(COP(=O)(O)O)c(C/N=C2\CONC2=O)c1O. The van der Waals surface area contributed by atoms with Crippen molar-refractivity contribution in [2.75, 3.05) is 6.61 Å². The summed E-state index contributed by atoms with van der Waals surface area (Å²) >= 11 is 0. The van der Waals surface area contributed by atoms with Crippen LogP contribution >= 0.6 is 7.82 Å². The number of amides is 1. The number of hydroxylamine groups is 1. The van der Waals surface area contributed by atoms with Crippen LogP contribution in [0.25, 0.3) is 0 Å². The zero-order chi connectivity index (χ0) is 16.3. The Kier molecular flexibility index (Phi) is 4.89. The Hall–Kier alpha value is -1.84. The predicted molar refractivity (Wildman–Crippen MR) is 72.7 cm³/mol. The maximum Gasteiger partial charge on any atom is 0.469 e. The van der Waals surface area contributed by atoms with Gasteiger partial charge in [0.15, 0.2) is 0 Å². The third-order valence-electron chi connectivity index (χ3n) is 2.88. The standard InChI is InChI=1S/C11H14N3O7P/c1-6-10(15)8(3-13-9-5-20-14-11(9)16)7(2-12-6)4-21-22(17,18)19/h2,15H,3-5H2,1H3,(H,14,16)(H2,17,18,19)/b13-9+. The summed E-state index contributed by atoms with van der Waals surface area (Å²) in [5, 5.41) is 10.0. The van der Waals surface area contributed by atoms with Crippen molar-refractivity contribution >= 4 is 19.4 Å². The van der Waals surface area contributed by atoms with Crippen molar-refractivity contribution in [3.8, 4) is 5.75 Å². The molecule has 0 atom stereocenters. The number of phosphoric acid groups is 1. The number of phosphoric ester groups is 1. The first-order chi connectivity index (χ1) is 10.3. The second-order valence-electron chi connectivity index (χ2n) is 4.44. The van der Waals surface area contributed by atoms with Crippen LogP contribution in [0.5, 0.6) is 5.75 Å². The number of rotatable bonds is 5. The van der Waals surface area contributed by atoms with Gasteiger partial charge in [-0.1, -0.05) is 0 Å². The van der Waals surface area contributed by atoms with Crippen LogP contribution in [-0.2, 0) is 31.9 Å². The molecule has 4 N–H and O–H groups in total. The summed E-state index contributed by atoms with van der Waals surface area (Å²) in [6.07, 6.45) is 1.32. The van der Waals surface area contributed by atoms with Gasteiger partial charge in [-0.2, -0.15) is 0 Å². The minimum atomic E-state index is -4.66. The maximum atomic E-state index is 11.3. The summed E-state index contributed by atoms with van der Waals surface area (Å²) in [5.74, 6) is -0.645. The Morgan fingerprint density at radius 2 is 2.27 bits per heavy atom. The van der Waals surface area contributed by atoms with Crippen LogP contribution in [0.4, 0.5) is 0 Å². The number of aromatic hydroxyl groups is 1. The van der Waals surface area contributed by atoms with Gasteiger partial charge in [0.2, 0.25) is 0 Å². The van der Waals surface area contributed by atoms with Crippen molar-refractivity contribution in [2.45, 2.75) is 20.1 Å². The minimum Gasteiger partial charge on any atom is -0.506 e. The number of nitrogens with one attached hydrogen (secondary N) is 1. The lowest BCUT2D eigenvalue weighted by molar-refractivity contribution is -0.121. The van der Waals surface area contributed by atoms with Gasteiger partial charge in [-0.25, -0.2) is 10.0 Å². The molecule has 10 nitrogen and oxygen atoms in total. The summed E-state index contributed by atoms with van der Waals surface area (Å²) < 4.78 is 15.2. The molecule has 1 amide bonds. The molecular formula is C11H14N3O7P. The van der Waals surface area contributed by atoms with Gasteiger partial charge in [0.1, 0.15) is 18.1 Å². The van der Waals surface area contributed by atoms with E-state index in [4.69, 9.17) is 14.6 Å². The van der Waals surface area contributed by atoms with E-state index in [0.29, 0.717) is 5.69 Å². The molecule has 0 aliphatic carbocycles. The highest BCUT2D eigenvalue weighted by Gasteiger charge is 2.21. The van der Waals surface area contributed by atoms with Crippen molar-refractivity contribution in [3.63, 3.8) is 0 Å². The molecule has 2 rings (SSSR count). The number of aryl methyl sites for hydroxylation is 1. The zero-order valence-electron chi connectivity index (χ0n) is 11.5. The van der Waals surface area contributed by atoms with Gasteiger partial charge in [-0.3, -0.25) is 24.1 Å². The lowest BCUT2D eigenvalue weighted by Crippen LogP contribution is -2.18. The third-order valence-corrected chi connectivity index (χ3v) is 3.35. The molecule has 1 saturated heterocycles. The minimum absolute atomic E-state index is 0.00201. The van der Waals surface area contributed by atoms with Crippen LogP contribution in [0.1, 0.15) is 16.8 Å². The molecular weight excluding hydrogens is 317 g/mol. The Bertz CT molecular complexity index is 670. The Morgan fingerprint density at radius 3 is 2.86 bits per heavy atom. The highest BCUT2D eigenvalue weighted by atomic mass is 31.2. The number of nitrogens with zero attached hydrogens (tertiary/aromatic N) is 2. The van der Waals surface area contributed by atoms with Crippen LogP contribution in [-0.4, -0.2) is 38.1 Å². The quantitative estimate of drug-likeness (QED) is 0.537. The summed E-state index contributed by atoms with van der Waals surface area (Å²) in [5.41, 5.74) is 3.12. The number of aliphatic imine (C=N–C) groups is 1. The van der Waals surface area contributed by atoms with Gasteiger partial charge in [0.25, 0.3) is 5.91 Å². The molecule has 0 bridgehead atoms. The van der Waals surface area contributed by atoms with E-state index in [2.05, 4.69) is 20.0 Å². The van der Waals surface area contributed by atoms with Crippen LogP contribution < -0.4 is 5.48 Å². The third kappa shape index (κ3) is 4.09. The molecule has 1 aliphatic heterocycles. The fraction of sp³-hybridized carbons (Fsp3) is 0.364. The Labute approximate surface area is 125 Å². The maximum absolute atomic E-state index is 11.3. The summed E-state index contributed by atoms with van der Waals surface area (Å²) in [6.45, 7) is 1.03. The number of aromatic nitrogens is 1. The summed E-state index contributed by atoms with van der Waals surface area (Å²) in [4.78, 5) is 41.4. The molecule has 22 heavy (non-hydrogen) atoms. The van der Waals surface area contributed by atoms with Gasteiger partial charge in [0.05, 0.1) is 18.8 Å². The van der Waals surface area contributed by atoms with E-state index in [1.54, 1.807) is 6.92 Å². The first-order valence-corrected chi connectivity index (χ1v) is 7.63. The molecule has 11 heteroatoms. The van der Waals surface area contributed by atoms with Gasteiger partial charge < -0.3 is 14.9 Å². The molecule has 1 aromatic rings. The van der Waals surface area contributed by atoms with Crippen LogP contribution in [0.2, 0.25) is 0 Å². The van der Waals surface area contributed by atoms with E-state index < -0.39 is 20.3 Å². The first-order valence-electron chi connectivity index (χ1n) is 6.10. The first kappa shape index (κ1) is 16.5. The molecule has 0 spiro atoms. The van der Waals surface area contributed by atoms with Crippen molar-refractivity contribution in [2.24, 2.45) is 4.99 Å². The molecule has 1 aromatic heterocycles. The average Bonchev–Trinajstić information content (AvgIpc) is 2.83. The predicted octanol–water partition coefficient (Wildman–Crippen LogP) is -0.293. The topological polar surface area (TPSA) is 151 Å². The van der Waals surface area contributed by atoms with Gasteiger partial charge in [-0.05, 0) is 6.92 Å². The molecule has 0 saturated carbocycles. The van der Waals surface area contributed by atoms with Crippen LogP contribution in [0, 0.1) is 6.92 Å². The number of hydrogen-bond acceptors (Lipinski definition) is 7. The van der Waals surface area contributed by atoms with Gasteiger partial charge >= 0.3 is 7.82 Å². The average molecular weight is 331 g/mol. The van der Waals surface area contributed by atoms with Crippen LogP contribution in [0.3, 0.4) is 0 Å². The van der Waals surface area contributed by atoms with E-state index in [0.717, 1.165) is 0 Å². The normalized spacial score (nSPS) is 17.0. The van der Waals surface area contributed by atoms with Crippen molar-refractivity contribution < 1.29 is 33.6 Å². The van der Waals surface area contributed by atoms with E-state index in [9.17, 15) is 14.5 Å². The van der Waals surface area contributed by atoms with Gasteiger partial charge in [-0.15, -0.1) is 0 Å². The number of carbonyl (C=O) groups excluding carboxylic acids is 1. The highest BCUT2D eigenvalue weighted by molar-refractivity contribution is 7.46. The second kappa shape index (κ2) is 6.51. The summed E-state index contributed by atoms with van der Waals surface area (Å²) in [6, 6.07) is 0. The fourth-order valence-corrected chi connectivity index (χ4v) is 2.03. The molecule has 0 unspecified atom stereocenters. The molecule has 1 aliphatic rings. The van der Waals surface area contributed by atoms with E-state index in [1.165, 1.54) is 6.20 Å². The molecule has 2 heterocycles. The lowest BCUT2D eigenvalue weighted by Gasteiger charge is -2.12. The Balaban J connectivity index is 2.25. The van der Waals surface area contributed by atoms with Crippen molar-refractivity contribution in [3.05, 3.63) is 23.0 Å². The van der Waals surface area contributed by atoms with Crippen LogP contribution in [0.15, 0.2) is 11.2 Å². The zero-order valence-corrected chi connectivity index (χ0v) is 12.4. The van der Waals surface area contributed by atoms with Gasteiger partial charge in [0, 0.05) is 17.3 Å².